The van der Waals surface area contributed by atoms with Gasteiger partial charge in [0.2, 0.25) is 0 Å². The topological polar surface area (TPSA) is 52.6 Å². The van der Waals surface area contributed by atoms with Crippen molar-refractivity contribution in [3.05, 3.63) is 0 Å². The molecule has 0 saturated heterocycles. The lowest BCUT2D eigenvalue weighted by Gasteiger charge is -2.15. The smallest absolute Gasteiger partial charge is 0.306 e. The van der Waals surface area contributed by atoms with E-state index in [1.54, 1.807) is 0 Å². The molecule has 0 heterocycles. The van der Waals surface area contributed by atoms with Crippen LogP contribution in [0.15, 0.2) is 0 Å². The standard InChI is InChI=1S/C19H36O4/c1-5-9-12-16(7-3)15-22-18(20)13-10-14-19(21)23-17(8-4)11-6-2/h16-17H,5-15H2,1-4H3. The third-order valence-corrected chi connectivity index (χ3v) is 4.15. The minimum Gasteiger partial charge on any atom is -0.465 e. The number of ether oxygens (including phenoxy) is 2. The van der Waals surface area contributed by atoms with Gasteiger partial charge >= 0.3 is 11.9 Å². The molecular formula is C19H36O4. The quantitative estimate of drug-likeness (QED) is 0.419. The molecular weight excluding hydrogens is 292 g/mol. The average molecular weight is 328 g/mol. The van der Waals surface area contributed by atoms with Crippen LogP contribution in [-0.2, 0) is 19.1 Å². The van der Waals surface area contributed by atoms with E-state index in [0.29, 0.717) is 31.8 Å². The van der Waals surface area contributed by atoms with Crippen LogP contribution in [0.3, 0.4) is 0 Å². The highest BCUT2D eigenvalue weighted by Crippen LogP contribution is 2.14. The first-order chi connectivity index (χ1) is 11.1. The first-order valence-electron chi connectivity index (χ1n) is 9.42. The molecule has 0 aromatic heterocycles. The molecule has 0 radical (unpaired) electrons. The Hall–Kier alpha value is -1.06. The Bertz CT molecular complexity index is 314. The highest BCUT2D eigenvalue weighted by Gasteiger charge is 2.13. The first kappa shape index (κ1) is 21.9. The molecule has 0 bridgehead atoms. The molecule has 0 saturated carbocycles. The fourth-order valence-electron chi connectivity index (χ4n) is 2.47. The van der Waals surface area contributed by atoms with E-state index in [9.17, 15) is 9.59 Å². The first-order valence-corrected chi connectivity index (χ1v) is 9.42. The van der Waals surface area contributed by atoms with E-state index in [1.165, 1.54) is 12.8 Å². The number of hydrogen-bond acceptors (Lipinski definition) is 4. The predicted molar refractivity (Wildman–Crippen MR) is 93.2 cm³/mol. The molecule has 0 aromatic rings. The lowest BCUT2D eigenvalue weighted by molar-refractivity contribution is -0.150. The van der Waals surface area contributed by atoms with Crippen LogP contribution in [-0.4, -0.2) is 24.6 Å². The molecule has 23 heavy (non-hydrogen) atoms. The van der Waals surface area contributed by atoms with Crippen LogP contribution in [0.25, 0.3) is 0 Å². The largest absolute Gasteiger partial charge is 0.465 e. The Morgan fingerprint density at radius 1 is 0.826 bits per heavy atom. The minimum absolute atomic E-state index is 0.0170. The Morgan fingerprint density at radius 2 is 1.52 bits per heavy atom. The second kappa shape index (κ2) is 14.5. The van der Waals surface area contributed by atoms with Gasteiger partial charge in [0.1, 0.15) is 6.10 Å². The van der Waals surface area contributed by atoms with Crippen LogP contribution in [0.4, 0.5) is 0 Å². The van der Waals surface area contributed by atoms with Gasteiger partial charge in [0, 0.05) is 12.8 Å². The van der Waals surface area contributed by atoms with Crippen LogP contribution in [0.1, 0.15) is 91.9 Å². The third kappa shape index (κ3) is 12.1. The average Bonchev–Trinajstić information content (AvgIpc) is 2.54. The van der Waals surface area contributed by atoms with Gasteiger partial charge in [-0.05, 0) is 31.6 Å². The van der Waals surface area contributed by atoms with Crippen LogP contribution < -0.4 is 0 Å². The van der Waals surface area contributed by atoms with Gasteiger partial charge in [0.05, 0.1) is 6.61 Å². The molecule has 2 unspecified atom stereocenters. The molecule has 0 aliphatic carbocycles. The van der Waals surface area contributed by atoms with Gasteiger partial charge in [-0.15, -0.1) is 0 Å². The van der Waals surface area contributed by atoms with Crippen molar-refractivity contribution < 1.29 is 19.1 Å². The van der Waals surface area contributed by atoms with E-state index >= 15 is 0 Å². The lowest BCUT2D eigenvalue weighted by Crippen LogP contribution is -2.18. The third-order valence-electron chi connectivity index (χ3n) is 4.15. The maximum absolute atomic E-state index is 11.7. The van der Waals surface area contributed by atoms with Crippen molar-refractivity contribution in [2.45, 2.75) is 98.0 Å². The van der Waals surface area contributed by atoms with Crippen molar-refractivity contribution in [1.82, 2.24) is 0 Å². The van der Waals surface area contributed by atoms with Crippen molar-refractivity contribution in [2.24, 2.45) is 5.92 Å². The van der Waals surface area contributed by atoms with Gasteiger partial charge in [0.25, 0.3) is 0 Å². The summed E-state index contributed by atoms with van der Waals surface area (Å²) >= 11 is 0. The zero-order chi connectivity index (χ0) is 17.5. The second-order valence-electron chi connectivity index (χ2n) is 6.26. The molecule has 136 valence electrons. The van der Waals surface area contributed by atoms with E-state index in [-0.39, 0.29) is 18.0 Å². The van der Waals surface area contributed by atoms with Crippen LogP contribution in [0.5, 0.6) is 0 Å². The van der Waals surface area contributed by atoms with E-state index in [4.69, 9.17) is 9.47 Å². The Kier molecular flexibility index (Phi) is 13.9. The fourth-order valence-corrected chi connectivity index (χ4v) is 2.47. The van der Waals surface area contributed by atoms with Gasteiger partial charge in [-0.3, -0.25) is 9.59 Å². The molecule has 4 nitrogen and oxygen atoms in total. The molecule has 0 spiro atoms. The van der Waals surface area contributed by atoms with E-state index < -0.39 is 0 Å². The molecule has 0 N–H and O–H groups in total. The SMILES string of the molecule is CCCCC(CC)COC(=O)CCCC(=O)OC(CC)CCC. The molecule has 0 aliphatic heterocycles. The highest BCUT2D eigenvalue weighted by atomic mass is 16.5. The summed E-state index contributed by atoms with van der Waals surface area (Å²) in [6.07, 6.45) is 8.37. The van der Waals surface area contributed by atoms with E-state index in [2.05, 4.69) is 20.8 Å². The summed E-state index contributed by atoms with van der Waals surface area (Å²) in [6, 6.07) is 0. The monoisotopic (exact) mass is 328 g/mol. The Morgan fingerprint density at radius 3 is 2.09 bits per heavy atom. The predicted octanol–water partition coefficient (Wildman–Crippen LogP) is 5.04. The Balaban J connectivity index is 3.82. The van der Waals surface area contributed by atoms with Crippen LogP contribution in [0, 0.1) is 5.92 Å². The summed E-state index contributed by atoms with van der Waals surface area (Å²) in [5, 5.41) is 0. The molecule has 2 atom stereocenters. The van der Waals surface area contributed by atoms with E-state index in [1.807, 2.05) is 6.92 Å². The number of hydrogen-bond donors (Lipinski definition) is 0. The molecule has 0 aromatic carbocycles. The normalized spacial score (nSPS) is 13.4. The highest BCUT2D eigenvalue weighted by molar-refractivity contribution is 5.72. The molecule has 0 fully saturated rings. The summed E-state index contributed by atoms with van der Waals surface area (Å²) in [4.78, 5) is 23.5. The van der Waals surface area contributed by atoms with Crippen LogP contribution in [0.2, 0.25) is 0 Å². The molecule has 4 heteroatoms. The fraction of sp³-hybridized carbons (Fsp3) is 0.895. The Labute approximate surface area is 142 Å². The number of rotatable bonds is 14. The van der Waals surface area contributed by atoms with E-state index in [0.717, 1.165) is 32.1 Å². The van der Waals surface area contributed by atoms with Gasteiger partial charge < -0.3 is 9.47 Å². The zero-order valence-corrected chi connectivity index (χ0v) is 15.6. The van der Waals surface area contributed by atoms with Gasteiger partial charge in [-0.1, -0.05) is 53.4 Å². The van der Waals surface area contributed by atoms with Gasteiger partial charge in [0.15, 0.2) is 0 Å². The van der Waals surface area contributed by atoms with Crippen molar-refractivity contribution in [2.75, 3.05) is 6.61 Å². The zero-order valence-electron chi connectivity index (χ0n) is 15.6. The van der Waals surface area contributed by atoms with Crippen LogP contribution >= 0.6 is 0 Å². The summed E-state index contributed by atoms with van der Waals surface area (Å²) in [7, 11) is 0. The van der Waals surface area contributed by atoms with Gasteiger partial charge in [-0.25, -0.2) is 0 Å². The lowest BCUT2D eigenvalue weighted by atomic mass is 10.0. The van der Waals surface area contributed by atoms with Crippen molar-refractivity contribution in [3.8, 4) is 0 Å². The number of carbonyl (C=O) groups is 2. The summed E-state index contributed by atoms with van der Waals surface area (Å²) in [5.74, 6) is 0.0593. The summed E-state index contributed by atoms with van der Waals surface area (Å²) in [6.45, 7) is 8.91. The molecule has 0 aliphatic rings. The number of esters is 2. The maximum atomic E-state index is 11.7. The number of carbonyl (C=O) groups excluding carboxylic acids is 2. The van der Waals surface area contributed by atoms with Gasteiger partial charge in [-0.2, -0.15) is 0 Å². The molecule has 0 rings (SSSR count). The van der Waals surface area contributed by atoms with Crippen molar-refractivity contribution >= 4 is 11.9 Å². The maximum Gasteiger partial charge on any atom is 0.306 e. The minimum atomic E-state index is -0.201. The van der Waals surface area contributed by atoms with Crippen molar-refractivity contribution in [1.29, 1.82) is 0 Å². The number of unbranched alkanes of at least 4 members (excludes halogenated alkanes) is 1. The van der Waals surface area contributed by atoms with Crippen molar-refractivity contribution in [3.63, 3.8) is 0 Å². The summed E-state index contributed by atoms with van der Waals surface area (Å²) < 4.78 is 10.7. The summed E-state index contributed by atoms with van der Waals surface area (Å²) in [5.41, 5.74) is 0. The molecule has 0 amide bonds. The second-order valence-corrected chi connectivity index (χ2v) is 6.26.